The van der Waals surface area contributed by atoms with Crippen molar-refractivity contribution in [3.63, 3.8) is 0 Å². The van der Waals surface area contributed by atoms with Gasteiger partial charge in [0.1, 0.15) is 18.1 Å². The molecule has 0 saturated heterocycles. The van der Waals surface area contributed by atoms with Gasteiger partial charge in [-0.2, -0.15) is 0 Å². The van der Waals surface area contributed by atoms with Crippen molar-refractivity contribution in [1.29, 1.82) is 0 Å². The lowest BCUT2D eigenvalue weighted by atomic mass is 10.1. The highest BCUT2D eigenvalue weighted by atomic mass is 16.6. The molecule has 2 aromatic rings. The van der Waals surface area contributed by atoms with Crippen LogP contribution in [0.3, 0.4) is 0 Å². The third-order valence-electron chi connectivity index (χ3n) is 3.06. The number of para-hydroxylation sites is 1. The van der Waals surface area contributed by atoms with Crippen LogP contribution in [0.2, 0.25) is 0 Å². The van der Waals surface area contributed by atoms with E-state index >= 15 is 0 Å². The highest BCUT2D eigenvalue weighted by molar-refractivity contribution is 5.70. The zero-order chi connectivity index (χ0) is 17.7. The van der Waals surface area contributed by atoms with Crippen LogP contribution in [0.4, 0.5) is 5.69 Å². The molecule has 1 aromatic heterocycles. The molecule has 0 N–H and O–H groups in total. The largest absolute Gasteiger partial charge is 0.461 e. The van der Waals surface area contributed by atoms with Gasteiger partial charge in [-0.05, 0) is 18.2 Å². The Morgan fingerprint density at radius 3 is 2.50 bits per heavy atom. The van der Waals surface area contributed by atoms with Crippen molar-refractivity contribution < 1.29 is 28.4 Å². The Balaban J connectivity index is 2.31. The molecular formula is C16H15NO7. The predicted molar refractivity (Wildman–Crippen MR) is 81.9 cm³/mol. The maximum Gasteiger partial charge on any atom is 0.303 e. The number of nitro groups is 1. The Hall–Kier alpha value is -3.16. The number of furan rings is 1. The average molecular weight is 333 g/mol. The molecule has 0 aliphatic rings. The van der Waals surface area contributed by atoms with E-state index in [1.807, 2.05) is 0 Å². The molecule has 2 rings (SSSR count). The Morgan fingerprint density at radius 1 is 1.17 bits per heavy atom. The zero-order valence-electron chi connectivity index (χ0n) is 13.1. The lowest BCUT2D eigenvalue weighted by Gasteiger charge is -2.14. The molecule has 8 nitrogen and oxygen atoms in total. The summed E-state index contributed by atoms with van der Waals surface area (Å²) in [6.07, 6.45) is -0.928. The molecule has 0 spiro atoms. The van der Waals surface area contributed by atoms with Gasteiger partial charge in [0, 0.05) is 19.9 Å². The summed E-state index contributed by atoms with van der Waals surface area (Å²) in [6.45, 7) is 2.23. The van der Waals surface area contributed by atoms with E-state index in [1.165, 1.54) is 32.0 Å². The second kappa shape index (κ2) is 7.40. The van der Waals surface area contributed by atoms with Crippen molar-refractivity contribution in [2.24, 2.45) is 0 Å². The van der Waals surface area contributed by atoms with Gasteiger partial charge >= 0.3 is 11.9 Å². The van der Waals surface area contributed by atoms with Gasteiger partial charge in [0.15, 0.2) is 6.10 Å². The van der Waals surface area contributed by atoms with E-state index in [0.717, 1.165) is 0 Å². The minimum absolute atomic E-state index is 0.109. The fourth-order valence-corrected chi connectivity index (χ4v) is 2.08. The Kier molecular flexibility index (Phi) is 5.31. The third-order valence-corrected chi connectivity index (χ3v) is 3.06. The van der Waals surface area contributed by atoms with Gasteiger partial charge in [-0.25, -0.2) is 0 Å². The fourth-order valence-electron chi connectivity index (χ4n) is 2.08. The van der Waals surface area contributed by atoms with Crippen LogP contribution in [-0.4, -0.2) is 23.5 Å². The van der Waals surface area contributed by atoms with E-state index in [1.54, 1.807) is 18.2 Å². The van der Waals surface area contributed by atoms with Crippen molar-refractivity contribution >= 4 is 17.6 Å². The first kappa shape index (κ1) is 17.2. The molecule has 0 aliphatic heterocycles. The Bertz CT molecular complexity index is 765. The topological polar surface area (TPSA) is 109 Å². The number of nitrogens with zero attached hydrogens (tertiary/aromatic N) is 1. The van der Waals surface area contributed by atoms with Crippen LogP contribution in [-0.2, 0) is 19.1 Å². The van der Waals surface area contributed by atoms with Gasteiger partial charge in [0.05, 0.1) is 10.5 Å². The number of ether oxygens (including phenoxy) is 2. The monoisotopic (exact) mass is 333 g/mol. The number of esters is 2. The number of rotatable bonds is 6. The second-order valence-corrected chi connectivity index (χ2v) is 4.88. The molecule has 0 bridgehead atoms. The van der Waals surface area contributed by atoms with Gasteiger partial charge in [-0.15, -0.1) is 0 Å². The van der Waals surface area contributed by atoms with Gasteiger partial charge < -0.3 is 13.9 Å². The fraction of sp³-hybridized carbons (Fsp3) is 0.250. The first-order valence-electron chi connectivity index (χ1n) is 7.02. The van der Waals surface area contributed by atoms with Crippen molar-refractivity contribution in [1.82, 2.24) is 0 Å². The van der Waals surface area contributed by atoms with Crippen molar-refractivity contribution in [3.8, 4) is 11.3 Å². The SMILES string of the molecule is CC(=O)OC[C@@H](OC(C)=O)c1ccc(-c2ccccc2[N+](=O)[O-])o1. The van der Waals surface area contributed by atoms with Crippen LogP contribution in [0, 0.1) is 10.1 Å². The lowest BCUT2D eigenvalue weighted by Crippen LogP contribution is -2.15. The van der Waals surface area contributed by atoms with Crippen molar-refractivity contribution in [2.75, 3.05) is 6.61 Å². The zero-order valence-corrected chi connectivity index (χ0v) is 13.1. The van der Waals surface area contributed by atoms with Crippen molar-refractivity contribution in [3.05, 3.63) is 52.3 Å². The van der Waals surface area contributed by atoms with E-state index in [0.29, 0.717) is 5.56 Å². The van der Waals surface area contributed by atoms with Crippen LogP contribution >= 0.6 is 0 Å². The molecule has 126 valence electrons. The minimum atomic E-state index is -0.928. The summed E-state index contributed by atoms with van der Waals surface area (Å²) in [6, 6.07) is 9.15. The number of hydrogen-bond acceptors (Lipinski definition) is 7. The summed E-state index contributed by atoms with van der Waals surface area (Å²) in [5, 5.41) is 11.1. The second-order valence-electron chi connectivity index (χ2n) is 4.88. The molecule has 0 unspecified atom stereocenters. The summed E-state index contributed by atoms with van der Waals surface area (Å²) in [4.78, 5) is 32.7. The summed E-state index contributed by atoms with van der Waals surface area (Å²) < 4.78 is 15.5. The van der Waals surface area contributed by atoms with Crippen LogP contribution in [0.5, 0.6) is 0 Å². The van der Waals surface area contributed by atoms with E-state index in [9.17, 15) is 19.7 Å². The number of carbonyl (C=O) groups is 2. The number of benzene rings is 1. The van der Waals surface area contributed by atoms with E-state index in [-0.39, 0.29) is 23.8 Å². The molecule has 0 radical (unpaired) electrons. The average Bonchev–Trinajstić information content (AvgIpc) is 3.00. The number of hydrogen-bond donors (Lipinski definition) is 0. The lowest BCUT2D eigenvalue weighted by molar-refractivity contribution is -0.384. The van der Waals surface area contributed by atoms with E-state index in [4.69, 9.17) is 13.9 Å². The Labute approximate surface area is 137 Å². The van der Waals surface area contributed by atoms with E-state index < -0.39 is 23.0 Å². The van der Waals surface area contributed by atoms with Crippen LogP contribution in [0.15, 0.2) is 40.8 Å². The predicted octanol–water partition coefficient (Wildman–Crippen LogP) is 3.02. The van der Waals surface area contributed by atoms with Gasteiger partial charge in [0.2, 0.25) is 0 Å². The van der Waals surface area contributed by atoms with Gasteiger partial charge in [0.25, 0.3) is 5.69 Å². The first-order chi connectivity index (χ1) is 11.4. The minimum Gasteiger partial charge on any atom is -0.461 e. The summed E-state index contributed by atoms with van der Waals surface area (Å²) in [5.74, 6) is -0.634. The molecule has 0 amide bonds. The smallest absolute Gasteiger partial charge is 0.303 e. The summed E-state index contributed by atoms with van der Waals surface area (Å²) in [5.41, 5.74) is 0.185. The molecule has 8 heteroatoms. The van der Waals surface area contributed by atoms with Crippen molar-refractivity contribution in [2.45, 2.75) is 20.0 Å². The third kappa shape index (κ3) is 4.19. The molecule has 1 aromatic carbocycles. The van der Waals surface area contributed by atoms with Crippen LogP contribution in [0.25, 0.3) is 11.3 Å². The quantitative estimate of drug-likeness (QED) is 0.454. The highest BCUT2D eigenvalue weighted by Gasteiger charge is 2.23. The standard InChI is InChI=1S/C16H15NO7/c1-10(18)22-9-16(23-11(2)19)15-8-7-14(24-15)12-5-3-4-6-13(12)17(20)21/h3-8,16H,9H2,1-2H3/t16-/m1/s1. The molecule has 0 aliphatic carbocycles. The first-order valence-corrected chi connectivity index (χ1v) is 7.02. The maximum absolute atomic E-state index is 11.2. The Morgan fingerprint density at radius 2 is 1.88 bits per heavy atom. The van der Waals surface area contributed by atoms with Crippen LogP contribution < -0.4 is 0 Å². The summed E-state index contributed by atoms with van der Waals surface area (Å²) in [7, 11) is 0. The maximum atomic E-state index is 11.2. The molecule has 1 atom stereocenters. The molecule has 0 fully saturated rings. The normalized spacial score (nSPS) is 11.6. The highest BCUT2D eigenvalue weighted by Crippen LogP contribution is 2.33. The number of nitro benzene ring substituents is 1. The number of carbonyl (C=O) groups excluding carboxylic acids is 2. The van der Waals surface area contributed by atoms with Crippen LogP contribution in [0.1, 0.15) is 25.7 Å². The van der Waals surface area contributed by atoms with Gasteiger partial charge in [-0.3, -0.25) is 19.7 Å². The van der Waals surface area contributed by atoms with Gasteiger partial charge in [-0.1, -0.05) is 12.1 Å². The molecule has 24 heavy (non-hydrogen) atoms. The summed E-state index contributed by atoms with van der Waals surface area (Å²) >= 11 is 0. The molecule has 0 saturated carbocycles. The van der Waals surface area contributed by atoms with E-state index in [2.05, 4.69) is 0 Å². The molecule has 1 heterocycles. The molecular weight excluding hydrogens is 318 g/mol.